The van der Waals surface area contributed by atoms with Crippen molar-refractivity contribution in [1.29, 1.82) is 0 Å². The van der Waals surface area contributed by atoms with Crippen molar-refractivity contribution in [3.63, 3.8) is 0 Å². The van der Waals surface area contributed by atoms with E-state index in [0.29, 0.717) is 6.42 Å². The van der Waals surface area contributed by atoms with Gasteiger partial charge in [-0.25, -0.2) is 4.79 Å². The lowest BCUT2D eigenvalue weighted by molar-refractivity contribution is -0.122. The third kappa shape index (κ3) is 6.97. The number of unbranched alkanes of at least 4 members (excludes halogenated alkanes) is 1. The summed E-state index contributed by atoms with van der Waals surface area (Å²) in [6.45, 7) is 14.3. The van der Waals surface area contributed by atoms with E-state index < -0.39 is 38.5 Å². The molecule has 1 aliphatic heterocycles. The maximum Gasteiger partial charge on any atom is 0.351 e. The molecule has 0 spiro atoms. The Morgan fingerprint density at radius 3 is 2.47 bits per heavy atom. The van der Waals surface area contributed by atoms with Gasteiger partial charge < -0.3 is 24.5 Å². The van der Waals surface area contributed by atoms with Crippen LogP contribution in [0.5, 0.6) is 0 Å². The Hall–Kier alpha value is -2.08. The summed E-state index contributed by atoms with van der Waals surface area (Å²) < 4.78 is 20.1. The SMILES string of the molecule is CCCCC(=O)NC[C@H]1O[C@@H](n2ccc(NC(C)=O)nc2=O)[C@H](OC)[C@@H]1O[Si](C)(C)C(C)(C)C. The fourth-order valence-electron chi connectivity index (χ4n) is 3.50. The number of carbonyl (C=O) groups excluding carboxylic acids is 2. The van der Waals surface area contributed by atoms with Crippen LogP contribution in [0.2, 0.25) is 18.1 Å². The molecule has 1 fully saturated rings. The van der Waals surface area contributed by atoms with Gasteiger partial charge in [0.1, 0.15) is 24.1 Å². The van der Waals surface area contributed by atoms with E-state index in [9.17, 15) is 14.4 Å². The van der Waals surface area contributed by atoms with Crippen molar-refractivity contribution in [3.05, 3.63) is 22.7 Å². The smallest absolute Gasteiger partial charge is 0.351 e. The van der Waals surface area contributed by atoms with Gasteiger partial charge in [0.15, 0.2) is 14.5 Å². The maximum atomic E-state index is 12.8. The van der Waals surface area contributed by atoms with Crippen LogP contribution < -0.4 is 16.3 Å². The number of nitrogens with zero attached hydrogens (tertiary/aromatic N) is 2. The topological polar surface area (TPSA) is 121 Å². The Morgan fingerprint density at radius 1 is 1.26 bits per heavy atom. The Morgan fingerprint density at radius 2 is 1.94 bits per heavy atom. The highest BCUT2D eigenvalue weighted by atomic mass is 28.4. The van der Waals surface area contributed by atoms with Crippen LogP contribution in [0.25, 0.3) is 0 Å². The largest absolute Gasteiger partial charge is 0.408 e. The Kier molecular flexibility index (Phi) is 9.58. The zero-order chi connectivity index (χ0) is 25.7. The first-order chi connectivity index (χ1) is 15.8. The van der Waals surface area contributed by atoms with E-state index in [4.69, 9.17) is 13.9 Å². The molecule has 34 heavy (non-hydrogen) atoms. The molecule has 0 unspecified atom stereocenters. The molecule has 0 radical (unpaired) electrons. The molecule has 1 aromatic rings. The standard InChI is InChI=1S/C23H40N4O6Si/c1-9-10-11-18(29)24-14-16-19(33-34(7,8)23(3,4)5)20(31-6)21(32-16)27-13-12-17(25-15(2)28)26-22(27)30/h12-13,16,19-21H,9-11,14H2,1-8H3,(H,24,29)(H,25,26,28,30)/t16-,19-,20-,21-/m1/s1. The first kappa shape index (κ1) is 28.2. The Balaban J connectivity index is 2.35. The lowest BCUT2D eigenvalue weighted by atomic mass is 10.1. The van der Waals surface area contributed by atoms with E-state index in [2.05, 4.69) is 49.5 Å². The van der Waals surface area contributed by atoms with Crippen LogP contribution in [0.1, 0.15) is 60.1 Å². The minimum atomic E-state index is -2.24. The third-order valence-electron chi connectivity index (χ3n) is 6.46. The highest BCUT2D eigenvalue weighted by Crippen LogP contribution is 2.41. The summed E-state index contributed by atoms with van der Waals surface area (Å²) in [6.07, 6.45) is 1.29. The van der Waals surface area contributed by atoms with Crippen molar-refractivity contribution < 1.29 is 23.5 Å². The zero-order valence-electron chi connectivity index (χ0n) is 21.6. The average molecular weight is 497 g/mol. The van der Waals surface area contributed by atoms with Crippen LogP contribution in [0.3, 0.4) is 0 Å². The lowest BCUT2D eigenvalue weighted by Gasteiger charge is -2.40. The molecule has 0 saturated carbocycles. The van der Waals surface area contributed by atoms with Crippen LogP contribution >= 0.6 is 0 Å². The normalized spacial score (nSPS) is 23.1. The van der Waals surface area contributed by atoms with Crippen LogP contribution in [-0.4, -0.2) is 61.6 Å². The van der Waals surface area contributed by atoms with E-state index in [1.165, 1.54) is 23.8 Å². The number of rotatable bonds is 10. The molecule has 4 atom stereocenters. The summed E-state index contributed by atoms with van der Waals surface area (Å²) in [5.41, 5.74) is -0.586. The van der Waals surface area contributed by atoms with Crippen LogP contribution in [-0.2, 0) is 23.5 Å². The number of nitrogens with one attached hydrogen (secondary N) is 2. The predicted octanol–water partition coefficient (Wildman–Crippen LogP) is 2.81. The molecule has 2 amide bonds. The Bertz CT molecular complexity index is 913. The molecule has 0 bridgehead atoms. The number of ether oxygens (including phenoxy) is 2. The quantitative estimate of drug-likeness (QED) is 0.478. The predicted molar refractivity (Wildman–Crippen MR) is 132 cm³/mol. The fourth-order valence-corrected chi connectivity index (χ4v) is 4.82. The van der Waals surface area contributed by atoms with E-state index >= 15 is 0 Å². The summed E-state index contributed by atoms with van der Waals surface area (Å²) in [6, 6.07) is 1.53. The number of hydrogen-bond acceptors (Lipinski definition) is 7. The first-order valence-corrected chi connectivity index (χ1v) is 14.7. The summed E-state index contributed by atoms with van der Waals surface area (Å²) >= 11 is 0. The number of hydrogen-bond donors (Lipinski definition) is 2. The minimum Gasteiger partial charge on any atom is -0.408 e. The summed E-state index contributed by atoms with van der Waals surface area (Å²) in [7, 11) is -0.691. The van der Waals surface area contributed by atoms with Gasteiger partial charge in [0.2, 0.25) is 11.8 Å². The summed E-state index contributed by atoms with van der Waals surface area (Å²) in [5.74, 6) is -0.208. The van der Waals surface area contributed by atoms with Gasteiger partial charge in [-0.2, -0.15) is 4.98 Å². The van der Waals surface area contributed by atoms with E-state index in [1.54, 1.807) is 7.11 Å². The van der Waals surface area contributed by atoms with Crippen LogP contribution in [0.4, 0.5) is 5.82 Å². The van der Waals surface area contributed by atoms with Crippen LogP contribution in [0.15, 0.2) is 17.1 Å². The molecule has 1 saturated heterocycles. The number of aromatic nitrogens is 2. The molecular formula is C23H40N4O6Si. The molecule has 1 aliphatic rings. The van der Waals surface area contributed by atoms with Crippen molar-refractivity contribution >= 4 is 25.9 Å². The zero-order valence-corrected chi connectivity index (χ0v) is 22.6. The molecule has 0 aliphatic carbocycles. The molecule has 11 heteroatoms. The van der Waals surface area contributed by atoms with Crippen molar-refractivity contribution in [2.24, 2.45) is 0 Å². The maximum absolute atomic E-state index is 12.8. The van der Waals surface area contributed by atoms with Crippen LogP contribution in [0, 0.1) is 0 Å². The third-order valence-corrected chi connectivity index (χ3v) is 10.9. The second-order valence-corrected chi connectivity index (χ2v) is 15.0. The molecule has 0 aromatic carbocycles. The number of amides is 2. The molecule has 2 rings (SSSR count). The van der Waals surface area contributed by atoms with E-state index in [-0.39, 0.29) is 29.2 Å². The molecule has 192 valence electrons. The Labute approximate surface area is 202 Å². The summed E-state index contributed by atoms with van der Waals surface area (Å²) in [5, 5.41) is 5.38. The van der Waals surface area contributed by atoms with Gasteiger partial charge in [-0.1, -0.05) is 34.1 Å². The highest BCUT2D eigenvalue weighted by Gasteiger charge is 2.51. The number of anilines is 1. The lowest BCUT2D eigenvalue weighted by Crippen LogP contribution is -2.51. The second kappa shape index (κ2) is 11.6. The number of carbonyl (C=O) groups is 2. The van der Waals surface area contributed by atoms with Gasteiger partial charge in [0.05, 0.1) is 0 Å². The molecule has 1 aromatic heterocycles. The van der Waals surface area contributed by atoms with Crippen molar-refractivity contribution in [3.8, 4) is 0 Å². The first-order valence-electron chi connectivity index (χ1n) is 11.8. The van der Waals surface area contributed by atoms with Gasteiger partial charge in [0, 0.05) is 33.2 Å². The molecule has 2 N–H and O–H groups in total. The molecule has 2 heterocycles. The van der Waals surface area contributed by atoms with Gasteiger partial charge in [-0.15, -0.1) is 0 Å². The molecule has 10 nitrogen and oxygen atoms in total. The molecular weight excluding hydrogens is 456 g/mol. The average Bonchev–Trinajstić information content (AvgIpc) is 3.05. The van der Waals surface area contributed by atoms with Gasteiger partial charge >= 0.3 is 5.69 Å². The number of methoxy groups -OCH3 is 1. The van der Waals surface area contributed by atoms with Gasteiger partial charge in [-0.05, 0) is 30.6 Å². The highest BCUT2D eigenvalue weighted by molar-refractivity contribution is 6.74. The monoisotopic (exact) mass is 496 g/mol. The van der Waals surface area contributed by atoms with Gasteiger partial charge in [0.25, 0.3) is 0 Å². The van der Waals surface area contributed by atoms with Crippen molar-refractivity contribution in [2.75, 3.05) is 19.0 Å². The van der Waals surface area contributed by atoms with Gasteiger partial charge in [-0.3, -0.25) is 14.2 Å². The second-order valence-electron chi connectivity index (χ2n) is 10.2. The van der Waals surface area contributed by atoms with Crippen molar-refractivity contribution in [1.82, 2.24) is 14.9 Å². The summed E-state index contributed by atoms with van der Waals surface area (Å²) in [4.78, 5) is 40.3. The fraction of sp³-hybridized carbons (Fsp3) is 0.739. The van der Waals surface area contributed by atoms with E-state index in [1.807, 2.05) is 6.92 Å². The van der Waals surface area contributed by atoms with E-state index in [0.717, 1.165) is 12.8 Å². The van der Waals surface area contributed by atoms with Crippen molar-refractivity contribution in [2.45, 2.75) is 96.6 Å². The minimum absolute atomic E-state index is 0.0487.